The van der Waals surface area contributed by atoms with E-state index in [0.717, 1.165) is 12.0 Å². The minimum Gasteiger partial charge on any atom is -0.481 e. The molecule has 8 nitrogen and oxygen atoms in total. The fraction of sp³-hybridized carbons (Fsp3) is 0.588. The number of hydrogen-bond donors (Lipinski definition) is 3. The smallest absolute Gasteiger partial charge is 0.407 e. The second-order valence-corrected chi connectivity index (χ2v) is 6.34. The Balaban J connectivity index is 2.23. The van der Waals surface area contributed by atoms with Crippen LogP contribution in [0.25, 0.3) is 0 Å². The van der Waals surface area contributed by atoms with Gasteiger partial charge in [0.1, 0.15) is 5.60 Å². The van der Waals surface area contributed by atoms with Crippen molar-refractivity contribution in [2.45, 2.75) is 39.3 Å². The second kappa shape index (κ2) is 10.4. The molecule has 0 saturated heterocycles. The molecular weight excluding hydrogens is 322 g/mol. The molecule has 0 saturated carbocycles. The number of guanidine groups is 1. The molecule has 1 amide bonds. The third-order valence-corrected chi connectivity index (χ3v) is 3.01. The summed E-state index contributed by atoms with van der Waals surface area (Å²) < 4.78 is 10.3. The van der Waals surface area contributed by atoms with Gasteiger partial charge >= 0.3 is 6.09 Å². The molecule has 1 heterocycles. The molecule has 3 N–H and O–H groups in total. The number of hydrogen-bond acceptors (Lipinski definition) is 5. The standard InChI is InChI=1S/C17H29N5O3/c1-17(2,3)25-16(23)21-9-6-8-20-15(18-4)22-12-13-7-10-19-14(11-13)24-5/h7,10-11H,6,8-9,12H2,1-5H3,(H,21,23)(H2,18,20,22). The van der Waals surface area contributed by atoms with Gasteiger partial charge < -0.3 is 25.4 Å². The van der Waals surface area contributed by atoms with E-state index in [0.29, 0.717) is 31.5 Å². The van der Waals surface area contributed by atoms with E-state index in [1.807, 2.05) is 32.9 Å². The Morgan fingerprint density at radius 3 is 2.60 bits per heavy atom. The van der Waals surface area contributed by atoms with Gasteiger partial charge in [-0.25, -0.2) is 9.78 Å². The number of methoxy groups -OCH3 is 1. The molecule has 0 unspecified atom stereocenters. The molecule has 0 bridgehead atoms. The Morgan fingerprint density at radius 1 is 1.24 bits per heavy atom. The van der Waals surface area contributed by atoms with Crippen LogP contribution in [0.3, 0.4) is 0 Å². The molecule has 8 heteroatoms. The van der Waals surface area contributed by atoms with Crippen molar-refractivity contribution in [3.63, 3.8) is 0 Å². The normalized spacial score (nSPS) is 11.6. The number of aromatic nitrogens is 1. The monoisotopic (exact) mass is 351 g/mol. The van der Waals surface area contributed by atoms with Crippen LogP contribution in [0.2, 0.25) is 0 Å². The number of nitrogens with one attached hydrogen (secondary N) is 3. The molecule has 140 valence electrons. The summed E-state index contributed by atoms with van der Waals surface area (Å²) in [5.74, 6) is 1.27. The lowest BCUT2D eigenvalue weighted by atomic mass is 10.2. The Labute approximate surface area is 149 Å². The Morgan fingerprint density at radius 2 is 1.96 bits per heavy atom. The third kappa shape index (κ3) is 9.39. The number of amides is 1. The first-order chi connectivity index (χ1) is 11.8. The van der Waals surface area contributed by atoms with E-state index in [1.165, 1.54) is 0 Å². The third-order valence-electron chi connectivity index (χ3n) is 3.01. The van der Waals surface area contributed by atoms with Crippen molar-refractivity contribution < 1.29 is 14.3 Å². The van der Waals surface area contributed by atoms with Gasteiger partial charge in [0.25, 0.3) is 0 Å². The molecule has 0 fully saturated rings. The van der Waals surface area contributed by atoms with Gasteiger partial charge in [-0.15, -0.1) is 0 Å². The summed E-state index contributed by atoms with van der Waals surface area (Å²) in [6.45, 7) is 7.32. The van der Waals surface area contributed by atoms with Gasteiger partial charge in [0.05, 0.1) is 7.11 Å². The van der Waals surface area contributed by atoms with Gasteiger partial charge in [0.15, 0.2) is 5.96 Å². The number of carbonyl (C=O) groups excluding carboxylic acids is 1. The van der Waals surface area contributed by atoms with Gasteiger partial charge in [-0.3, -0.25) is 4.99 Å². The zero-order valence-corrected chi connectivity index (χ0v) is 15.7. The number of pyridine rings is 1. The molecule has 25 heavy (non-hydrogen) atoms. The summed E-state index contributed by atoms with van der Waals surface area (Å²) in [6, 6.07) is 3.78. The summed E-state index contributed by atoms with van der Waals surface area (Å²) in [4.78, 5) is 19.8. The number of aliphatic imine (C=N–C) groups is 1. The van der Waals surface area contributed by atoms with Crippen molar-refractivity contribution in [2.75, 3.05) is 27.2 Å². The fourth-order valence-electron chi connectivity index (χ4n) is 1.88. The van der Waals surface area contributed by atoms with E-state index < -0.39 is 11.7 Å². The summed E-state index contributed by atoms with van der Waals surface area (Å²) >= 11 is 0. The van der Waals surface area contributed by atoms with E-state index in [-0.39, 0.29) is 0 Å². The average Bonchev–Trinajstić information content (AvgIpc) is 2.56. The Hall–Kier alpha value is -2.51. The quantitative estimate of drug-likeness (QED) is 0.393. The van der Waals surface area contributed by atoms with Gasteiger partial charge in [-0.1, -0.05) is 0 Å². The maximum Gasteiger partial charge on any atom is 0.407 e. The van der Waals surface area contributed by atoms with Crippen molar-refractivity contribution in [3.05, 3.63) is 23.9 Å². The lowest BCUT2D eigenvalue weighted by Gasteiger charge is -2.19. The van der Waals surface area contributed by atoms with Gasteiger partial charge in [0, 0.05) is 38.9 Å². The summed E-state index contributed by atoms with van der Waals surface area (Å²) in [6.07, 6.45) is 2.05. The van der Waals surface area contributed by atoms with E-state index >= 15 is 0 Å². The zero-order chi connectivity index (χ0) is 18.7. The number of ether oxygens (including phenoxy) is 2. The summed E-state index contributed by atoms with van der Waals surface area (Å²) in [5, 5.41) is 9.12. The lowest BCUT2D eigenvalue weighted by Crippen LogP contribution is -2.39. The maximum absolute atomic E-state index is 11.5. The van der Waals surface area contributed by atoms with Crippen molar-refractivity contribution in [1.29, 1.82) is 0 Å². The first-order valence-corrected chi connectivity index (χ1v) is 8.24. The van der Waals surface area contributed by atoms with Crippen LogP contribution < -0.4 is 20.7 Å². The molecule has 1 aromatic rings. The molecule has 1 aromatic heterocycles. The molecule has 0 aliphatic rings. The number of nitrogens with zero attached hydrogens (tertiary/aromatic N) is 2. The predicted octanol–water partition coefficient (Wildman–Crippen LogP) is 1.67. The molecule has 0 atom stereocenters. The van der Waals surface area contributed by atoms with Crippen LogP contribution in [0.4, 0.5) is 4.79 Å². The molecule has 0 spiro atoms. The molecule has 0 radical (unpaired) electrons. The van der Waals surface area contributed by atoms with Crippen molar-refractivity contribution in [1.82, 2.24) is 20.9 Å². The SMILES string of the molecule is CN=C(NCCCNC(=O)OC(C)(C)C)NCc1ccnc(OC)c1. The van der Waals surface area contributed by atoms with Crippen LogP contribution in [0, 0.1) is 0 Å². The van der Waals surface area contributed by atoms with E-state index in [2.05, 4.69) is 25.9 Å². The van der Waals surface area contributed by atoms with Crippen LogP contribution in [0.5, 0.6) is 5.88 Å². The highest BCUT2D eigenvalue weighted by Crippen LogP contribution is 2.08. The molecule has 0 aliphatic carbocycles. The zero-order valence-electron chi connectivity index (χ0n) is 15.7. The van der Waals surface area contributed by atoms with E-state index in [4.69, 9.17) is 9.47 Å². The molecular formula is C17H29N5O3. The molecule has 0 aliphatic heterocycles. The van der Waals surface area contributed by atoms with E-state index in [9.17, 15) is 4.79 Å². The number of alkyl carbamates (subject to hydrolysis) is 1. The summed E-state index contributed by atoms with van der Waals surface area (Å²) in [5.41, 5.74) is 0.561. The topological polar surface area (TPSA) is 96.9 Å². The van der Waals surface area contributed by atoms with E-state index in [1.54, 1.807) is 20.4 Å². The maximum atomic E-state index is 11.5. The number of carbonyl (C=O) groups is 1. The molecule has 0 aromatic carbocycles. The number of rotatable bonds is 7. The van der Waals surface area contributed by atoms with Crippen LogP contribution >= 0.6 is 0 Å². The van der Waals surface area contributed by atoms with Crippen LogP contribution in [0.1, 0.15) is 32.8 Å². The minimum absolute atomic E-state index is 0.401. The van der Waals surface area contributed by atoms with Crippen molar-refractivity contribution in [3.8, 4) is 5.88 Å². The minimum atomic E-state index is -0.482. The van der Waals surface area contributed by atoms with Gasteiger partial charge in [0.2, 0.25) is 5.88 Å². The highest BCUT2D eigenvalue weighted by Gasteiger charge is 2.15. The largest absolute Gasteiger partial charge is 0.481 e. The van der Waals surface area contributed by atoms with Crippen LogP contribution in [-0.2, 0) is 11.3 Å². The van der Waals surface area contributed by atoms with Crippen LogP contribution in [0.15, 0.2) is 23.3 Å². The Bertz CT molecular complexity index is 570. The predicted molar refractivity (Wildman–Crippen MR) is 97.8 cm³/mol. The summed E-state index contributed by atoms with van der Waals surface area (Å²) in [7, 11) is 3.30. The second-order valence-electron chi connectivity index (χ2n) is 6.34. The fourth-order valence-corrected chi connectivity index (χ4v) is 1.88. The van der Waals surface area contributed by atoms with Crippen molar-refractivity contribution >= 4 is 12.1 Å². The average molecular weight is 351 g/mol. The first kappa shape index (κ1) is 20.5. The van der Waals surface area contributed by atoms with Gasteiger partial charge in [-0.05, 0) is 38.8 Å². The van der Waals surface area contributed by atoms with Gasteiger partial charge in [-0.2, -0.15) is 0 Å². The van der Waals surface area contributed by atoms with Crippen molar-refractivity contribution in [2.24, 2.45) is 4.99 Å². The first-order valence-electron chi connectivity index (χ1n) is 8.24. The van der Waals surface area contributed by atoms with Crippen LogP contribution in [-0.4, -0.2) is 49.9 Å². The highest BCUT2D eigenvalue weighted by atomic mass is 16.6. The lowest BCUT2D eigenvalue weighted by molar-refractivity contribution is 0.0527. The highest BCUT2D eigenvalue weighted by molar-refractivity contribution is 5.79. The molecule has 1 rings (SSSR count). The Kier molecular flexibility index (Phi) is 8.52.